The monoisotopic (exact) mass is 276 g/mol. The zero-order chi connectivity index (χ0) is 14.7. The van der Waals surface area contributed by atoms with Gasteiger partial charge in [-0.1, -0.05) is 42.5 Å². The van der Waals surface area contributed by atoms with E-state index in [1.165, 1.54) is 0 Å². The average molecular weight is 276 g/mol. The van der Waals surface area contributed by atoms with Crippen molar-refractivity contribution >= 4 is 17.5 Å². The Morgan fingerprint density at radius 2 is 1.62 bits per heavy atom. The Morgan fingerprint density at radius 3 is 2.33 bits per heavy atom. The Morgan fingerprint density at radius 1 is 0.905 bits per heavy atom. The first-order valence-corrected chi connectivity index (χ1v) is 6.74. The summed E-state index contributed by atoms with van der Waals surface area (Å²) in [7, 11) is 0. The maximum atomic E-state index is 6.08. The van der Waals surface area contributed by atoms with Gasteiger partial charge in [-0.05, 0) is 30.2 Å². The van der Waals surface area contributed by atoms with Gasteiger partial charge in [-0.25, -0.2) is 4.98 Å². The molecule has 4 heteroatoms. The third kappa shape index (κ3) is 2.84. The van der Waals surface area contributed by atoms with E-state index in [2.05, 4.69) is 15.3 Å². The van der Waals surface area contributed by atoms with Crippen LogP contribution in [0.3, 0.4) is 0 Å². The molecule has 0 bridgehead atoms. The number of anilines is 3. The maximum absolute atomic E-state index is 6.08. The third-order valence-electron chi connectivity index (χ3n) is 3.28. The van der Waals surface area contributed by atoms with Gasteiger partial charge in [-0.15, -0.1) is 0 Å². The summed E-state index contributed by atoms with van der Waals surface area (Å²) in [5.74, 6) is 0.966. The number of aryl methyl sites for hydroxylation is 1. The second-order valence-corrected chi connectivity index (χ2v) is 4.80. The van der Waals surface area contributed by atoms with Crippen LogP contribution in [0.5, 0.6) is 0 Å². The van der Waals surface area contributed by atoms with Gasteiger partial charge >= 0.3 is 0 Å². The van der Waals surface area contributed by atoms with Crippen LogP contribution in [0.1, 0.15) is 5.56 Å². The number of aromatic nitrogens is 2. The molecule has 0 spiro atoms. The first-order valence-electron chi connectivity index (χ1n) is 6.74. The fourth-order valence-electron chi connectivity index (χ4n) is 2.19. The van der Waals surface area contributed by atoms with E-state index >= 15 is 0 Å². The minimum Gasteiger partial charge on any atom is -0.383 e. The number of nitrogens with zero attached hydrogens (tertiary/aromatic N) is 2. The van der Waals surface area contributed by atoms with E-state index < -0.39 is 0 Å². The van der Waals surface area contributed by atoms with Crippen molar-refractivity contribution in [3.8, 4) is 11.1 Å². The second-order valence-electron chi connectivity index (χ2n) is 4.80. The Bertz CT molecular complexity index is 754. The lowest BCUT2D eigenvalue weighted by molar-refractivity contribution is 1.17. The Labute approximate surface area is 123 Å². The molecule has 3 N–H and O–H groups in total. The summed E-state index contributed by atoms with van der Waals surface area (Å²) < 4.78 is 0. The lowest BCUT2D eigenvalue weighted by Gasteiger charge is -2.10. The van der Waals surface area contributed by atoms with Gasteiger partial charge in [0.05, 0.1) is 0 Å². The van der Waals surface area contributed by atoms with Crippen LogP contribution in [0.4, 0.5) is 17.5 Å². The standard InChI is InChI=1S/C17H16N4/c1-12-7-5-6-10-14(12)15-11-19-17(21-16(15)18)20-13-8-3-2-4-9-13/h2-11H,1H3,(H3,18,19,20,21). The number of hydrogen-bond donors (Lipinski definition) is 2. The SMILES string of the molecule is Cc1ccccc1-c1cnc(Nc2ccccc2)nc1N. The number of nitrogens with two attached hydrogens (primary N) is 1. The van der Waals surface area contributed by atoms with Crippen molar-refractivity contribution in [1.29, 1.82) is 0 Å². The topological polar surface area (TPSA) is 63.8 Å². The van der Waals surface area contributed by atoms with E-state index in [1.54, 1.807) is 6.20 Å². The molecule has 0 saturated heterocycles. The molecule has 0 amide bonds. The zero-order valence-electron chi connectivity index (χ0n) is 11.7. The van der Waals surface area contributed by atoms with Crippen molar-refractivity contribution in [2.24, 2.45) is 0 Å². The number of nitrogen functional groups attached to an aromatic ring is 1. The molecule has 3 rings (SSSR count). The second kappa shape index (κ2) is 5.63. The zero-order valence-corrected chi connectivity index (χ0v) is 11.7. The number of nitrogens with one attached hydrogen (secondary N) is 1. The molecule has 104 valence electrons. The maximum Gasteiger partial charge on any atom is 0.229 e. The lowest BCUT2D eigenvalue weighted by Crippen LogP contribution is -2.02. The molecule has 3 aromatic rings. The summed E-state index contributed by atoms with van der Waals surface area (Å²) in [6.45, 7) is 2.05. The van der Waals surface area contributed by atoms with Crippen molar-refractivity contribution in [2.75, 3.05) is 11.1 Å². The third-order valence-corrected chi connectivity index (χ3v) is 3.28. The molecular weight excluding hydrogens is 260 g/mol. The predicted octanol–water partition coefficient (Wildman–Crippen LogP) is 3.78. The quantitative estimate of drug-likeness (QED) is 0.764. The molecule has 0 fully saturated rings. The van der Waals surface area contributed by atoms with Crippen LogP contribution in [0.15, 0.2) is 60.8 Å². The Hall–Kier alpha value is -2.88. The van der Waals surface area contributed by atoms with Crippen LogP contribution in [0.25, 0.3) is 11.1 Å². The van der Waals surface area contributed by atoms with Gasteiger partial charge < -0.3 is 11.1 Å². The highest BCUT2D eigenvalue weighted by molar-refractivity contribution is 5.76. The minimum atomic E-state index is 0.470. The molecule has 4 nitrogen and oxygen atoms in total. The molecule has 21 heavy (non-hydrogen) atoms. The largest absolute Gasteiger partial charge is 0.383 e. The van der Waals surface area contributed by atoms with Crippen LogP contribution in [0, 0.1) is 6.92 Å². The molecule has 0 unspecified atom stereocenters. The highest BCUT2D eigenvalue weighted by atomic mass is 15.1. The summed E-state index contributed by atoms with van der Waals surface area (Å²) >= 11 is 0. The van der Waals surface area contributed by atoms with Gasteiger partial charge in [0.15, 0.2) is 0 Å². The molecule has 1 heterocycles. The van der Waals surface area contributed by atoms with Crippen molar-refractivity contribution in [3.63, 3.8) is 0 Å². The molecule has 0 radical (unpaired) electrons. The first-order chi connectivity index (χ1) is 10.2. The van der Waals surface area contributed by atoms with Gasteiger partial charge in [0.1, 0.15) is 5.82 Å². The summed E-state index contributed by atoms with van der Waals surface area (Å²) in [5.41, 5.74) is 10.1. The fourth-order valence-corrected chi connectivity index (χ4v) is 2.19. The van der Waals surface area contributed by atoms with Gasteiger partial charge in [0.2, 0.25) is 5.95 Å². The van der Waals surface area contributed by atoms with Gasteiger partial charge in [0.25, 0.3) is 0 Å². The van der Waals surface area contributed by atoms with E-state index in [0.717, 1.165) is 22.4 Å². The first kappa shape index (κ1) is 13.1. The van der Waals surface area contributed by atoms with Crippen LogP contribution >= 0.6 is 0 Å². The van der Waals surface area contributed by atoms with Crippen LogP contribution < -0.4 is 11.1 Å². The number of para-hydroxylation sites is 1. The van der Waals surface area contributed by atoms with Crippen LogP contribution in [0.2, 0.25) is 0 Å². The average Bonchev–Trinajstić information content (AvgIpc) is 2.50. The summed E-state index contributed by atoms with van der Waals surface area (Å²) in [5, 5.41) is 3.14. The van der Waals surface area contributed by atoms with Crippen LogP contribution in [-0.4, -0.2) is 9.97 Å². The van der Waals surface area contributed by atoms with Gasteiger partial charge in [-0.3, -0.25) is 0 Å². The molecule has 1 aromatic heterocycles. The van der Waals surface area contributed by atoms with E-state index in [1.807, 2.05) is 61.5 Å². The molecular formula is C17H16N4. The smallest absolute Gasteiger partial charge is 0.229 e. The fraction of sp³-hybridized carbons (Fsp3) is 0.0588. The molecule has 0 atom stereocenters. The van der Waals surface area contributed by atoms with E-state index in [9.17, 15) is 0 Å². The number of hydrogen-bond acceptors (Lipinski definition) is 4. The lowest BCUT2D eigenvalue weighted by atomic mass is 10.0. The number of benzene rings is 2. The molecule has 0 saturated carbocycles. The Kier molecular flexibility index (Phi) is 3.51. The van der Waals surface area contributed by atoms with E-state index in [0.29, 0.717) is 11.8 Å². The normalized spacial score (nSPS) is 10.3. The highest BCUT2D eigenvalue weighted by Crippen LogP contribution is 2.27. The van der Waals surface area contributed by atoms with Crippen molar-refractivity contribution in [2.45, 2.75) is 6.92 Å². The summed E-state index contributed by atoms with van der Waals surface area (Å²) in [6.07, 6.45) is 1.76. The summed E-state index contributed by atoms with van der Waals surface area (Å²) in [6, 6.07) is 17.8. The van der Waals surface area contributed by atoms with Gasteiger partial charge in [0, 0.05) is 17.4 Å². The van der Waals surface area contributed by atoms with E-state index in [4.69, 9.17) is 5.73 Å². The minimum absolute atomic E-state index is 0.470. The van der Waals surface area contributed by atoms with Crippen LogP contribution in [-0.2, 0) is 0 Å². The Balaban J connectivity index is 1.92. The summed E-state index contributed by atoms with van der Waals surface area (Å²) in [4.78, 5) is 8.69. The van der Waals surface area contributed by atoms with Crippen molar-refractivity contribution in [1.82, 2.24) is 9.97 Å². The van der Waals surface area contributed by atoms with E-state index in [-0.39, 0.29) is 0 Å². The van der Waals surface area contributed by atoms with Crippen molar-refractivity contribution in [3.05, 3.63) is 66.4 Å². The van der Waals surface area contributed by atoms with Crippen molar-refractivity contribution < 1.29 is 0 Å². The van der Waals surface area contributed by atoms with Gasteiger partial charge in [-0.2, -0.15) is 4.98 Å². The molecule has 0 aliphatic rings. The number of rotatable bonds is 3. The molecule has 0 aliphatic carbocycles. The molecule has 2 aromatic carbocycles. The molecule has 0 aliphatic heterocycles. The highest BCUT2D eigenvalue weighted by Gasteiger charge is 2.08. The predicted molar refractivity (Wildman–Crippen MR) is 86.3 cm³/mol.